The summed E-state index contributed by atoms with van der Waals surface area (Å²) < 4.78 is 26.4. The van der Waals surface area contributed by atoms with Gasteiger partial charge in [0, 0.05) is 5.39 Å². The molecule has 4 aromatic rings. The van der Waals surface area contributed by atoms with Crippen molar-refractivity contribution in [2.45, 2.75) is 36.8 Å². The summed E-state index contributed by atoms with van der Waals surface area (Å²) in [5.74, 6) is 0.127. The number of thiophene rings is 2. The fourth-order valence-electron chi connectivity index (χ4n) is 3.54. The number of unbranched alkanes of at least 4 members (excludes halogenated alkanes) is 3. The summed E-state index contributed by atoms with van der Waals surface area (Å²) in [5.41, 5.74) is 9.54. The largest absolute Gasteiger partial charge is 0.396 e. The van der Waals surface area contributed by atoms with Crippen molar-refractivity contribution in [3.8, 4) is 21.7 Å². The lowest BCUT2D eigenvalue weighted by atomic mass is 10.0. The zero-order valence-electron chi connectivity index (χ0n) is 16.8. The van der Waals surface area contributed by atoms with E-state index < -0.39 is 9.84 Å². The van der Waals surface area contributed by atoms with E-state index in [2.05, 4.69) is 6.92 Å². The predicted octanol–water partition coefficient (Wildman–Crippen LogP) is 6.63. The molecule has 2 N–H and O–H groups in total. The number of sulfone groups is 1. The summed E-state index contributed by atoms with van der Waals surface area (Å²) in [7, 11) is -3.44. The van der Waals surface area contributed by atoms with Crippen molar-refractivity contribution in [2.75, 3.05) is 11.5 Å². The van der Waals surface area contributed by atoms with Gasteiger partial charge < -0.3 is 5.73 Å². The van der Waals surface area contributed by atoms with Crippen LogP contribution in [0.1, 0.15) is 32.6 Å². The van der Waals surface area contributed by atoms with Crippen LogP contribution in [0, 0.1) is 0 Å². The summed E-state index contributed by atoms with van der Waals surface area (Å²) in [5, 5.41) is 2.75. The first-order valence-electron chi connectivity index (χ1n) is 10.1. The quantitative estimate of drug-likeness (QED) is 0.302. The second-order valence-electron chi connectivity index (χ2n) is 7.26. The van der Waals surface area contributed by atoms with Crippen LogP contribution in [0.5, 0.6) is 0 Å². The Balaban J connectivity index is 1.87. The first kappa shape index (κ1) is 21.0. The van der Waals surface area contributed by atoms with E-state index in [0.717, 1.165) is 46.3 Å². The van der Waals surface area contributed by atoms with Gasteiger partial charge in [0.05, 0.1) is 22.0 Å². The van der Waals surface area contributed by atoms with Crippen molar-refractivity contribution < 1.29 is 8.42 Å². The van der Waals surface area contributed by atoms with Crippen molar-refractivity contribution in [1.82, 2.24) is 4.98 Å². The number of fused-ring (bicyclic) bond motifs is 1. The van der Waals surface area contributed by atoms with Gasteiger partial charge in [-0.15, -0.1) is 22.7 Å². The summed E-state index contributed by atoms with van der Waals surface area (Å²) in [6, 6.07) is 16.0. The van der Waals surface area contributed by atoms with Gasteiger partial charge in [0.2, 0.25) is 0 Å². The van der Waals surface area contributed by atoms with Gasteiger partial charge in [-0.3, -0.25) is 0 Å². The maximum atomic E-state index is 13.1. The maximum Gasteiger partial charge on any atom is 0.189 e. The molecule has 0 aliphatic carbocycles. The van der Waals surface area contributed by atoms with Crippen LogP contribution in [0.3, 0.4) is 0 Å². The molecule has 0 unspecified atom stereocenters. The molecule has 3 heterocycles. The fourth-order valence-corrected chi connectivity index (χ4v) is 7.28. The minimum atomic E-state index is -3.44. The van der Waals surface area contributed by atoms with Crippen LogP contribution in [-0.4, -0.2) is 19.2 Å². The molecule has 0 aliphatic rings. The number of aromatic nitrogens is 1. The minimum Gasteiger partial charge on any atom is -0.396 e. The number of nitrogens with zero attached hydrogens (tertiary/aromatic N) is 1. The molecule has 0 fully saturated rings. The second kappa shape index (κ2) is 8.88. The first-order chi connectivity index (χ1) is 14.5. The number of pyridine rings is 1. The zero-order valence-corrected chi connectivity index (χ0v) is 19.2. The smallest absolute Gasteiger partial charge is 0.189 e. The van der Waals surface area contributed by atoms with Crippen LogP contribution in [0.25, 0.3) is 31.9 Å². The van der Waals surface area contributed by atoms with Crippen LogP contribution in [0.2, 0.25) is 0 Å². The minimum absolute atomic E-state index is 0.127. The van der Waals surface area contributed by atoms with E-state index in [1.807, 2.05) is 53.9 Å². The molecule has 0 bridgehead atoms. The standard InChI is InChI=1S/C23H24N2O2S3/c1-2-3-4-8-14-30(26,27)23-21(24)20-17(16-10-6-5-7-11-16)15-18(25-22(20)29-23)19-12-9-13-28-19/h5-7,9-13,15H,2-4,8,14,24H2,1H3. The van der Waals surface area contributed by atoms with Crippen LogP contribution < -0.4 is 5.73 Å². The number of rotatable bonds is 8. The lowest BCUT2D eigenvalue weighted by molar-refractivity contribution is 0.591. The van der Waals surface area contributed by atoms with Crippen molar-refractivity contribution >= 4 is 48.4 Å². The Labute approximate surface area is 185 Å². The molecule has 0 atom stereocenters. The highest BCUT2D eigenvalue weighted by atomic mass is 32.2. The van der Waals surface area contributed by atoms with Crippen molar-refractivity contribution in [3.63, 3.8) is 0 Å². The molecule has 30 heavy (non-hydrogen) atoms. The molecule has 0 saturated carbocycles. The number of nitrogen functional groups attached to an aromatic ring is 1. The summed E-state index contributed by atoms with van der Waals surface area (Å²) >= 11 is 2.81. The van der Waals surface area contributed by atoms with Crippen LogP contribution in [0.15, 0.2) is 58.1 Å². The van der Waals surface area contributed by atoms with E-state index >= 15 is 0 Å². The Kier molecular flexibility index (Phi) is 6.22. The average molecular weight is 457 g/mol. The molecule has 1 aromatic carbocycles. The Morgan fingerprint density at radius 2 is 1.83 bits per heavy atom. The first-order valence-corrected chi connectivity index (χ1v) is 13.4. The van der Waals surface area contributed by atoms with Crippen molar-refractivity contribution in [1.29, 1.82) is 0 Å². The average Bonchev–Trinajstić information content (AvgIpc) is 3.40. The maximum absolute atomic E-state index is 13.1. The third-order valence-electron chi connectivity index (χ3n) is 5.07. The van der Waals surface area contributed by atoms with Crippen molar-refractivity contribution in [3.05, 3.63) is 53.9 Å². The number of nitrogens with two attached hydrogens (primary N) is 1. The van der Waals surface area contributed by atoms with Gasteiger partial charge in [-0.1, -0.05) is 62.6 Å². The molecular formula is C23H24N2O2S3. The molecule has 0 aliphatic heterocycles. The summed E-state index contributed by atoms with van der Waals surface area (Å²) in [6.07, 6.45) is 3.68. The van der Waals surface area contributed by atoms with Crippen LogP contribution in [-0.2, 0) is 9.84 Å². The molecule has 0 spiro atoms. The van der Waals surface area contributed by atoms with Crippen LogP contribution >= 0.6 is 22.7 Å². The van der Waals surface area contributed by atoms with E-state index in [9.17, 15) is 8.42 Å². The van der Waals surface area contributed by atoms with E-state index in [-0.39, 0.29) is 9.96 Å². The zero-order chi connectivity index (χ0) is 21.1. The van der Waals surface area contributed by atoms with E-state index in [1.54, 1.807) is 11.3 Å². The lowest BCUT2D eigenvalue weighted by Gasteiger charge is -2.08. The van der Waals surface area contributed by atoms with Crippen LogP contribution in [0.4, 0.5) is 5.69 Å². The Morgan fingerprint density at radius 1 is 1.03 bits per heavy atom. The molecule has 4 nitrogen and oxygen atoms in total. The van der Waals surface area contributed by atoms with Crippen molar-refractivity contribution in [2.24, 2.45) is 0 Å². The van der Waals surface area contributed by atoms with Gasteiger partial charge in [0.25, 0.3) is 0 Å². The molecule has 3 aromatic heterocycles. The van der Waals surface area contributed by atoms with E-state index in [0.29, 0.717) is 16.9 Å². The normalized spacial score (nSPS) is 11.9. The molecule has 156 valence electrons. The van der Waals surface area contributed by atoms with Gasteiger partial charge in [0.1, 0.15) is 9.04 Å². The third-order valence-corrected chi connectivity index (χ3v) is 9.48. The Hall–Kier alpha value is -2.22. The van der Waals surface area contributed by atoms with Gasteiger partial charge in [-0.25, -0.2) is 13.4 Å². The number of anilines is 1. The van der Waals surface area contributed by atoms with E-state index in [1.165, 1.54) is 11.3 Å². The predicted molar refractivity (Wildman–Crippen MR) is 129 cm³/mol. The topological polar surface area (TPSA) is 73.0 Å². The second-order valence-corrected chi connectivity index (χ2v) is 11.5. The van der Waals surface area contributed by atoms with Gasteiger partial charge in [0.15, 0.2) is 9.84 Å². The Morgan fingerprint density at radius 3 is 2.53 bits per heavy atom. The fraction of sp³-hybridized carbons (Fsp3) is 0.261. The summed E-state index contributed by atoms with van der Waals surface area (Å²) in [4.78, 5) is 6.51. The number of hydrogen-bond donors (Lipinski definition) is 1. The Bertz CT molecular complexity index is 1240. The third kappa shape index (κ3) is 4.15. The monoisotopic (exact) mass is 456 g/mol. The number of benzene rings is 1. The molecule has 0 saturated heterocycles. The lowest BCUT2D eigenvalue weighted by Crippen LogP contribution is -2.07. The van der Waals surface area contributed by atoms with Gasteiger partial charge in [-0.2, -0.15) is 0 Å². The molecule has 7 heteroatoms. The van der Waals surface area contributed by atoms with Gasteiger partial charge in [-0.05, 0) is 35.1 Å². The SMILES string of the molecule is CCCCCCS(=O)(=O)c1sc2nc(-c3cccs3)cc(-c3ccccc3)c2c1N. The highest BCUT2D eigenvalue weighted by Gasteiger charge is 2.25. The highest BCUT2D eigenvalue weighted by molar-refractivity contribution is 7.93. The molecule has 0 amide bonds. The summed E-state index contributed by atoms with van der Waals surface area (Å²) in [6.45, 7) is 2.11. The highest BCUT2D eigenvalue weighted by Crippen LogP contribution is 2.43. The number of hydrogen-bond acceptors (Lipinski definition) is 6. The molecule has 0 radical (unpaired) electrons. The van der Waals surface area contributed by atoms with E-state index in [4.69, 9.17) is 10.7 Å². The molecular weight excluding hydrogens is 432 g/mol. The van der Waals surface area contributed by atoms with Gasteiger partial charge >= 0.3 is 0 Å². The molecule has 4 rings (SSSR count).